The van der Waals surface area contributed by atoms with Crippen LogP contribution >= 0.6 is 31.9 Å². The summed E-state index contributed by atoms with van der Waals surface area (Å²) in [4.78, 5) is 12.1. The lowest BCUT2D eigenvalue weighted by Crippen LogP contribution is -2.25. The third kappa shape index (κ3) is 4.18. The lowest BCUT2D eigenvalue weighted by molar-refractivity contribution is 0.0954. The van der Waals surface area contributed by atoms with Crippen molar-refractivity contribution >= 4 is 37.8 Å². The Hall–Kier alpha value is -1.13. The van der Waals surface area contributed by atoms with Gasteiger partial charge < -0.3 is 5.32 Å². The Bertz CT molecular complexity index is 605. The van der Waals surface area contributed by atoms with Gasteiger partial charge in [0.05, 0.1) is 0 Å². The van der Waals surface area contributed by atoms with Gasteiger partial charge in [0.2, 0.25) is 0 Å². The van der Waals surface area contributed by atoms with Crippen LogP contribution < -0.4 is 5.32 Å². The summed E-state index contributed by atoms with van der Waals surface area (Å²) in [5.74, 6) is -0.0550. The molecule has 2 aromatic carbocycles. The second-order valence-electron chi connectivity index (χ2n) is 4.59. The Morgan fingerprint density at radius 3 is 2.40 bits per heavy atom. The van der Waals surface area contributed by atoms with Gasteiger partial charge in [-0.25, -0.2) is 0 Å². The fourth-order valence-corrected chi connectivity index (χ4v) is 3.28. The van der Waals surface area contributed by atoms with Crippen LogP contribution in [0.3, 0.4) is 0 Å². The fourth-order valence-electron chi connectivity index (χ4n) is 1.99. The first-order valence-corrected chi connectivity index (χ1v) is 7.93. The molecule has 0 radical (unpaired) electrons. The Kier molecular flexibility index (Phi) is 5.38. The van der Waals surface area contributed by atoms with Gasteiger partial charge in [-0.15, -0.1) is 0 Å². The molecule has 0 spiro atoms. The average Bonchev–Trinajstić information content (AvgIpc) is 2.39. The molecule has 0 atom stereocenters. The highest BCUT2D eigenvalue weighted by Gasteiger charge is 2.07. The lowest BCUT2D eigenvalue weighted by Gasteiger charge is -2.08. The molecule has 104 valence electrons. The van der Waals surface area contributed by atoms with Crippen LogP contribution in [0.1, 0.15) is 21.5 Å². The maximum absolute atomic E-state index is 12.1. The van der Waals surface area contributed by atoms with Gasteiger partial charge in [-0.1, -0.05) is 56.1 Å². The minimum Gasteiger partial charge on any atom is -0.352 e. The summed E-state index contributed by atoms with van der Waals surface area (Å²) >= 11 is 6.77. The van der Waals surface area contributed by atoms with E-state index in [9.17, 15) is 4.79 Å². The third-order valence-electron chi connectivity index (χ3n) is 3.07. The largest absolute Gasteiger partial charge is 0.352 e. The van der Waals surface area contributed by atoms with E-state index in [0.717, 1.165) is 15.4 Å². The molecule has 1 N–H and O–H groups in total. The maximum Gasteiger partial charge on any atom is 0.251 e. The van der Waals surface area contributed by atoms with Crippen molar-refractivity contribution in [2.45, 2.75) is 13.3 Å². The first-order valence-electron chi connectivity index (χ1n) is 6.35. The van der Waals surface area contributed by atoms with E-state index in [1.54, 1.807) is 0 Å². The topological polar surface area (TPSA) is 29.1 Å². The Labute approximate surface area is 135 Å². The summed E-state index contributed by atoms with van der Waals surface area (Å²) in [5.41, 5.74) is 3.17. The lowest BCUT2D eigenvalue weighted by atomic mass is 10.1. The van der Waals surface area contributed by atoms with Gasteiger partial charge in [0, 0.05) is 21.1 Å². The van der Waals surface area contributed by atoms with Crippen molar-refractivity contribution in [2.75, 3.05) is 6.54 Å². The van der Waals surface area contributed by atoms with E-state index in [2.05, 4.69) is 56.2 Å². The fraction of sp³-hybridized carbons (Fsp3) is 0.188. The normalized spacial score (nSPS) is 10.3. The van der Waals surface area contributed by atoms with E-state index in [0.29, 0.717) is 12.1 Å². The number of nitrogens with one attached hydrogen (secondary N) is 1. The van der Waals surface area contributed by atoms with Gasteiger partial charge in [-0.2, -0.15) is 0 Å². The molecule has 0 bridgehead atoms. The zero-order chi connectivity index (χ0) is 14.5. The van der Waals surface area contributed by atoms with Crippen LogP contribution in [0, 0.1) is 6.92 Å². The monoisotopic (exact) mass is 395 g/mol. The highest BCUT2D eigenvalue weighted by atomic mass is 79.9. The van der Waals surface area contributed by atoms with Gasteiger partial charge in [0.15, 0.2) is 0 Å². The minimum atomic E-state index is -0.0550. The smallest absolute Gasteiger partial charge is 0.251 e. The number of amides is 1. The molecule has 0 fully saturated rings. The van der Waals surface area contributed by atoms with E-state index in [1.165, 1.54) is 11.1 Å². The van der Waals surface area contributed by atoms with Gasteiger partial charge in [-0.05, 0) is 42.7 Å². The highest BCUT2D eigenvalue weighted by molar-refractivity contribution is 9.11. The van der Waals surface area contributed by atoms with Gasteiger partial charge in [-0.3, -0.25) is 4.79 Å². The van der Waals surface area contributed by atoms with E-state index in [-0.39, 0.29) is 5.91 Å². The summed E-state index contributed by atoms with van der Waals surface area (Å²) in [6, 6.07) is 13.8. The van der Waals surface area contributed by atoms with Crippen LogP contribution in [-0.2, 0) is 6.42 Å². The first-order chi connectivity index (χ1) is 9.56. The van der Waals surface area contributed by atoms with Gasteiger partial charge in [0.1, 0.15) is 0 Å². The standard InChI is InChI=1S/C16H15Br2NO/c1-11-4-2-3-5-12(11)6-7-19-16(20)13-8-14(17)10-15(18)9-13/h2-5,8-10H,6-7H2,1H3,(H,19,20). The molecule has 0 saturated heterocycles. The molecule has 0 aliphatic heterocycles. The number of hydrogen-bond donors (Lipinski definition) is 1. The molecule has 2 aromatic rings. The molecule has 2 nitrogen and oxygen atoms in total. The Morgan fingerprint density at radius 1 is 1.10 bits per heavy atom. The number of rotatable bonds is 4. The molecular formula is C16H15Br2NO. The zero-order valence-electron chi connectivity index (χ0n) is 11.1. The van der Waals surface area contributed by atoms with Crippen molar-refractivity contribution in [1.29, 1.82) is 0 Å². The minimum absolute atomic E-state index is 0.0550. The first kappa shape index (κ1) is 15.3. The maximum atomic E-state index is 12.1. The molecule has 0 heterocycles. The average molecular weight is 397 g/mol. The predicted octanol–water partition coefficient (Wildman–Crippen LogP) is 4.49. The molecular weight excluding hydrogens is 382 g/mol. The zero-order valence-corrected chi connectivity index (χ0v) is 14.3. The third-order valence-corrected chi connectivity index (χ3v) is 3.98. The van der Waals surface area contributed by atoms with E-state index < -0.39 is 0 Å². The molecule has 4 heteroatoms. The molecule has 2 rings (SSSR count). The number of halogens is 2. The molecule has 0 aliphatic rings. The SMILES string of the molecule is Cc1ccccc1CCNC(=O)c1cc(Br)cc(Br)c1. The van der Waals surface area contributed by atoms with Crippen molar-refractivity contribution in [3.05, 3.63) is 68.1 Å². The Morgan fingerprint density at radius 2 is 1.75 bits per heavy atom. The molecule has 0 aliphatic carbocycles. The summed E-state index contributed by atoms with van der Waals surface area (Å²) in [7, 11) is 0. The number of carbonyl (C=O) groups is 1. The van der Waals surface area contributed by atoms with Crippen molar-refractivity contribution < 1.29 is 4.79 Å². The van der Waals surface area contributed by atoms with Gasteiger partial charge in [0.25, 0.3) is 5.91 Å². The van der Waals surface area contributed by atoms with Crippen LogP contribution in [0.4, 0.5) is 0 Å². The van der Waals surface area contributed by atoms with Crippen LogP contribution in [0.2, 0.25) is 0 Å². The molecule has 1 amide bonds. The molecule has 20 heavy (non-hydrogen) atoms. The van der Waals surface area contributed by atoms with E-state index >= 15 is 0 Å². The Balaban J connectivity index is 1.94. The summed E-state index contributed by atoms with van der Waals surface area (Å²) in [6.45, 7) is 2.72. The second-order valence-corrected chi connectivity index (χ2v) is 6.42. The quantitative estimate of drug-likeness (QED) is 0.810. The number of aryl methyl sites for hydroxylation is 1. The van der Waals surface area contributed by atoms with Crippen LogP contribution in [-0.4, -0.2) is 12.5 Å². The number of carbonyl (C=O) groups excluding carboxylic acids is 1. The number of benzene rings is 2. The summed E-state index contributed by atoms with van der Waals surface area (Å²) in [6.07, 6.45) is 0.841. The molecule has 0 saturated carbocycles. The van der Waals surface area contributed by atoms with Gasteiger partial charge >= 0.3 is 0 Å². The summed E-state index contributed by atoms with van der Waals surface area (Å²) < 4.78 is 1.77. The molecule has 0 unspecified atom stereocenters. The number of hydrogen-bond acceptors (Lipinski definition) is 1. The summed E-state index contributed by atoms with van der Waals surface area (Å²) in [5, 5.41) is 2.95. The molecule has 0 aromatic heterocycles. The van der Waals surface area contributed by atoms with Crippen LogP contribution in [0.15, 0.2) is 51.4 Å². The van der Waals surface area contributed by atoms with Crippen molar-refractivity contribution in [2.24, 2.45) is 0 Å². The highest BCUT2D eigenvalue weighted by Crippen LogP contribution is 2.20. The van der Waals surface area contributed by atoms with E-state index in [4.69, 9.17) is 0 Å². The van der Waals surface area contributed by atoms with Crippen molar-refractivity contribution in [3.8, 4) is 0 Å². The van der Waals surface area contributed by atoms with Crippen molar-refractivity contribution in [1.82, 2.24) is 5.32 Å². The van der Waals surface area contributed by atoms with Crippen molar-refractivity contribution in [3.63, 3.8) is 0 Å². The van der Waals surface area contributed by atoms with Crippen LogP contribution in [0.25, 0.3) is 0 Å². The van der Waals surface area contributed by atoms with Crippen LogP contribution in [0.5, 0.6) is 0 Å². The second kappa shape index (κ2) is 7.04. The van der Waals surface area contributed by atoms with E-state index in [1.807, 2.05) is 30.3 Å². The predicted molar refractivity (Wildman–Crippen MR) is 89.1 cm³/mol.